The maximum absolute atomic E-state index is 16.1. The van der Waals surface area contributed by atoms with E-state index < -0.39 is 42.7 Å². The highest BCUT2D eigenvalue weighted by molar-refractivity contribution is 6.06. The molecule has 21 heteroatoms. The molecule has 80 heavy (non-hydrogen) atoms. The third kappa shape index (κ3) is 10.00. The number of H-pyrrole nitrogens is 1. The van der Waals surface area contributed by atoms with Crippen LogP contribution in [0.2, 0.25) is 0 Å². The number of benzene rings is 4. The lowest BCUT2D eigenvalue weighted by atomic mass is 9.88. The van der Waals surface area contributed by atoms with Gasteiger partial charge in [0, 0.05) is 78.3 Å². The fraction of sp³-hybridized carbons (Fsp3) is 0.424. The van der Waals surface area contributed by atoms with E-state index in [1.807, 2.05) is 64.1 Å². The number of hydrogen-bond acceptors (Lipinski definition) is 16. The number of aryl methyl sites for hydroxylation is 1. The van der Waals surface area contributed by atoms with Crippen molar-refractivity contribution in [3.63, 3.8) is 0 Å². The number of carbonyl (C=O) groups excluding carboxylic acids is 2. The zero-order valence-corrected chi connectivity index (χ0v) is 45.5. The van der Waals surface area contributed by atoms with Gasteiger partial charge in [0.25, 0.3) is 0 Å². The van der Waals surface area contributed by atoms with Gasteiger partial charge in [0.2, 0.25) is 11.8 Å². The zero-order valence-electron chi connectivity index (χ0n) is 45.5. The van der Waals surface area contributed by atoms with Crippen LogP contribution in [0, 0.1) is 25.6 Å². The molecule has 2 bridgehead atoms. The molecule has 2 amide bonds. The minimum Gasteiger partial charge on any atom is -0.486 e. The number of fused-ring (bicyclic) bond motifs is 4. The number of anilines is 1. The first-order valence-electron chi connectivity index (χ1n) is 27.5. The van der Waals surface area contributed by atoms with E-state index in [0.29, 0.717) is 51.0 Å². The largest absolute Gasteiger partial charge is 0.486 e. The highest BCUT2D eigenvalue weighted by atomic mass is 19.1. The Bertz CT molecular complexity index is 3600. The maximum Gasteiger partial charge on any atom is 0.319 e. The van der Waals surface area contributed by atoms with Gasteiger partial charge in [0.15, 0.2) is 17.9 Å². The van der Waals surface area contributed by atoms with Gasteiger partial charge in [-0.2, -0.15) is 15.1 Å². The van der Waals surface area contributed by atoms with E-state index in [-0.39, 0.29) is 62.0 Å². The number of halogens is 1. The summed E-state index contributed by atoms with van der Waals surface area (Å²) in [5, 5.41) is 45.7. The Morgan fingerprint density at radius 1 is 0.963 bits per heavy atom. The van der Waals surface area contributed by atoms with Crippen molar-refractivity contribution in [2.75, 3.05) is 44.9 Å². The van der Waals surface area contributed by atoms with E-state index in [9.17, 15) is 19.8 Å². The van der Waals surface area contributed by atoms with E-state index in [2.05, 4.69) is 47.1 Å². The number of ether oxygens (including phenoxy) is 3. The van der Waals surface area contributed by atoms with Crippen LogP contribution in [0.1, 0.15) is 92.4 Å². The molecular formula is C59H65FN12O8. The van der Waals surface area contributed by atoms with Crippen molar-refractivity contribution in [2.24, 2.45) is 5.92 Å². The predicted octanol–water partition coefficient (Wildman–Crippen LogP) is 7.27. The molecule has 5 N–H and O–H groups in total. The Balaban J connectivity index is 0.824. The molecule has 0 spiro atoms. The number of likely N-dealkylation sites (tertiary alicyclic amines) is 1. The lowest BCUT2D eigenvalue weighted by molar-refractivity contribution is -0.142. The minimum absolute atomic E-state index is 0.0286. The Hall–Kier alpha value is -7.85. The number of aliphatic hydroxyl groups excluding tert-OH is 2. The summed E-state index contributed by atoms with van der Waals surface area (Å²) in [6.45, 7) is 10.9. The Kier molecular flexibility index (Phi) is 14.3. The van der Waals surface area contributed by atoms with Crippen LogP contribution in [0.15, 0.2) is 83.9 Å². The zero-order chi connectivity index (χ0) is 55.5. The quantitative estimate of drug-likeness (QED) is 0.0534. The van der Waals surface area contributed by atoms with Gasteiger partial charge >= 0.3 is 6.01 Å². The summed E-state index contributed by atoms with van der Waals surface area (Å²) in [5.41, 5.74) is 8.37. The highest BCUT2D eigenvalue weighted by Crippen LogP contribution is 2.53. The van der Waals surface area contributed by atoms with Crippen molar-refractivity contribution in [2.45, 2.75) is 115 Å². The Morgan fingerprint density at radius 2 is 1.75 bits per heavy atom. The number of amides is 2. The van der Waals surface area contributed by atoms with Gasteiger partial charge in [-0.15, -0.1) is 5.10 Å². The molecule has 8 aromatic rings. The lowest BCUT2D eigenvalue weighted by Crippen LogP contribution is -2.50. The maximum atomic E-state index is 16.1. The lowest BCUT2D eigenvalue weighted by Gasteiger charge is -2.30. The van der Waals surface area contributed by atoms with Crippen molar-refractivity contribution in [3.05, 3.63) is 113 Å². The summed E-state index contributed by atoms with van der Waals surface area (Å²) in [7, 11) is 1.63. The first-order valence-corrected chi connectivity index (χ1v) is 27.5. The van der Waals surface area contributed by atoms with Crippen LogP contribution in [0.3, 0.4) is 0 Å². The van der Waals surface area contributed by atoms with Crippen LogP contribution in [0.4, 0.5) is 10.2 Å². The van der Waals surface area contributed by atoms with E-state index >= 15 is 4.39 Å². The predicted molar refractivity (Wildman–Crippen MR) is 295 cm³/mol. The Labute approximate surface area is 461 Å². The van der Waals surface area contributed by atoms with Crippen molar-refractivity contribution in [1.82, 2.24) is 55.7 Å². The van der Waals surface area contributed by atoms with Crippen molar-refractivity contribution in [1.29, 1.82) is 0 Å². The van der Waals surface area contributed by atoms with Gasteiger partial charge in [-0.3, -0.25) is 14.7 Å². The second-order valence-electron chi connectivity index (χ2n) is 22.2. The van der Waals surface area contributed by atoms with E-state index in [0.717, 1.165) is 82.5 Å². The molecule has 4 aromatic carbocycles. The number of aromatic amines is 1. The van der Waals surface area contributed by atoms with Gasteiger partial charge in [-0.25, -0.2) is 14.1 Å². The second kappa shape index (κ2) is 21.7. The fourth-order valence-electron chi connectivity index (χ4n) is 11.8. The smallest absolute Gasteiger partial charge is 0.319 e. The van der Waals surface area contributed by atoms with E-state index in [4.69, 9.17) is 28.6 Å². The Morgan fingerprint density at radius 3 is 2.44 bits per heavy atom. The number of carbonyl (C=O) groups is 2. The molecule has 3 saturated heterocycles. The van der Waals surface area contributed by atoms with Crippen LogP contribution in [0.25, 0.3) is 55.5 Å². The molecule has 1 saturated carbocycles. The molecule has 4 aliphatic rings. The third-order valence-corrected chi connectivity index (χ3v) is 16.3. The number of nitrogens with zero attached hydrogens (tertiary/aromatic N) is 9. The van der Waals surface area contributed by atoms with Crippen LogP contribution in [-0.2, 0) is 20.9 Å². The molecule has 3 aliphatic heterocycles. The molecular weight excluding hydrogens is 1020 g/mol. The molecule has 4 fully saturated rings. The summed E-state index contributed by atoms with van der Waals surface area (Å²) >= 11 is 0. The molecule has 7 atom stereocenters. The monoisotopic (exact) mass is 1090 g/mol. The number of β-amino-alcohol motifs (C(OH)–C–C–N with tert-alkyl or cyclic N) is 1. The van der Waals surface area contributed by atoms with Crippen LogP contribution in [-0.4, -0.2) is 137 Å². The van der Waals surface area contributed by atoms with E-state index in [1.54, 1.807) is 38.6 Å². The molecule has 416 valence electrons. The molecule has 1 aliphatic carbocycles. The van der Waals surface area contributed by atoms with Gasteiger partial charge in [-0.05, 0) is 86.3 Å². The molecule has 7 heterocycles. The second-order valence-corrected chi connectivity index (χ2v) is 22.2. The minimum atomic E-state index is -0.997. The molecule has 0 radical (unpaired) electrons. The first-order chi connectivity index (χ1) is 38.7. The third-order valence-electron chi connectivity index (χ3n) is 16.3. The van der Waals surface area contributed by atoms with Gasteiger partial charge < -0.3 is 49.3 Å². The number of methoxy groups -OCH3 is 1. The van der Waals surface area contributed by atoms with Crippen LogP contribution >= 0.6 is 0 Å². The van der Waals surface area contributed by atoms with Gasteiger partial charge in [-0.1, -0.05) is 67.6 Å². The summed E-state index contributed by atoms with van der Waals surface area (Å²) in [4.78, 5) is 46.7. The topological polar surface area (TPSA) is 244 Å². The standard InChI is InChI=1S/C59H65FN12O8/c1-30(2)53(58(76)71-24-41(74)18-49(71)57(75)64-48(26-73)37-13-15-38(16-14-37)54-33(5)62-29-80-54)72-25-47(68-69-72)36-9-7-34(8-10-36)28-78-55-51(50-32(4)45(60)20-46-44(50)22-63-67-46)42(35-11-12-35)19-43-52(55)65-59(79-27-31(3)77-6)66-56(43)70-23-39-17-40(70)21-61-39/h7-10,13-16,19-20,22,25,29-31,35,39-41,48-49,53,61,73-74H,11-12,17-18,21,23-24,26-28H2,1-6H3,(H,63,67)(H,64,75)/t31?,39-,40-,41+,48?,49-,53?/m0/s1. The SMILES string of the molecule is COC(C)COc1nc(N2C[C@@H]3C[C@H]2CN3)c2cc(C3CC3)c(-c3c(C)c(F)cc4[nH]ncc34)c(OCc3ccc(-c4cn(C(C(=O)N5C[C@H](O)C[C@H]5C(=O)NC(CO)c5ccc(-c6ocnc6C)cc5)C(C)C)nn4)cc3)c2n1. The van der Waals surface area contributed by atoms with Crippen molar-refractivity contribution in [3.8, 4) is 45.5 Å². The van der Waals surface area contributed by atoms with Gasteiger partial charge in [0.1, 0.15) is 48.1 Å². The number of aromatic nitrogens is 8. The van der Waals surface area contributed by atoms with E-state index in [1.165, 1.54) is 22.0 Å². The fourth-order valence-corrected chi connectivity index (χ4v) is 11.8. The normalized spacial score (nSPS) is 20.1. The number of rotatable bonds is 19. The van der Waals surface area contributed by atoms with Crippen LogP contribution < -0.4 is 25.0 Å². The molecule has 4 aromatic heterocycles. The average molecular weight is 1090 g/mol. The average Bonchev–Trinajstić information content (AvgIpc) is 3.77. The van der Waals surface area contributed by atoms with Gasteiger partial charge in [0.05, 0.1) is 48.5 Å². The summed E-state index contributed by atoms with van der Waals surface area (Å²) < 4.78 is 42.1. The first kappa shape index (κ1) is 52.8. The number of hydrogen-bond donors (Lipinski definition) is 5. The summed E-state index contributed by atoms with van der Waals surface area (Å²) in [6, 6.07) is 16.8. The van der Waals surface area contributed by atoms with Crippen molar-refractivity contribution >= 4 is 39.4 Å². The summed E-state index contributed by atoms with van der Waals surface area (Å²) in [5.74, 6) is 0.576. The van der Waals surface area contributed by atoms with Crippen LogP contribution in [0.5, 0.6) is 11.8 Å². The molecule has 12 rings (SSSR count). The summed E-state index contributed by atoms with van der Waals surface area (Å²) in [6.07, 6.45) is 6.65. The number of aliphatic hydroxyl groups is 2. The van der Waals surface area contributed by atoms with Crippen molar-refractivity contribution < 1.29 is 42.8 Å². The molecule has 3 unspecified atom stereocenters. The molecule has 20 nitrogen and oxygen atoms in total. The number of nitrogens with one attached hydrogen (secondary N) is 3. The number of oxazole rings is 1. The highest BCUT2D eigenvalue weighted by Gasteiger charge is 2.44. The number of piperazine rings is 1.